The number of nitrogens with two attached hydrogens (primary N) is 1. The van der Waals surface area contributed by atoms with Crippen LogP contribution in [0.25, 0.3) is 60.7 Å². The molecular weight excluding hydrogens is 1330 g/mol. The zero-order valence-corrected chi connectivity index (χ0v) is 62.1. The Kier molecular flexibility index (Phi) is 30.2. The number of rotatable bonds is 12. The van der Waals surface area contributed by atoms with E-state index in [1.165, 1.54) is 14.2 Å². The first-order valence-electron chi connectivity index (χ1n) is 33.1. The van der Waals surface area contributed by atoms with Crippen molar-refractivity contribution in [3.05, 3.63) is 330 Å². The number of aromatic nitrogens is 6. The number of aromatic carboxylic acids is 1. The molecule has 9 N–H and O–H groups in total. The van der Waals surface area contributed by atoms with E-state index < -0.39 is 13.1 Å². The molecule has 6 aromatic heterocycles. The standard InChI is InChI=1S/C25H24N2O2.C17H15NO2.C16H13NO2.C11H11NO2.C8H12N2O.C6H7BO2.CH4.Na.H2O/c1-16-15-17(2)26-25(29)20(16)13-14-23(28)24-18(3)27(19-9-5-4-6-10-19)22-12-8-7-11-21(22)24;1-12-16(17(19)20-2)14-10-6-7-11-15(14)18(12)13-8-4-3-5-9-13;1-11-15(16(18)19)13-9-5-6-10-14(13)17(11)12-7-3-2-4-8-12;1-7-10(11(13)14-2)8-5-3-4-6-9(8)12-7;1-5-3-6(2)10-8(11)7(5)4-9;8-7(9)6-4-2-1-3-5-6;;;/h4-12,15H,13-14H2,1-3H3,(H,26,29);3-11H,1-2H3;2-10H,1H3,(H,18,19);3-6,12H,1-2H3;3H,4,9H2,1-2H3,(H,10,11);1-5,8-9H;1H4;;1H2/q;;;;;;;+1;/p-1. The minimum absolute atomic E-state index is 0. The molecule has 105 heavy (non-hydrogen) atoms. The molecule has 0 saturated heterocycles. The van der Waals surface area contributed by atoms with Crippen molar-refractivity contribution in [2.24, 2.45) is 5.73 Å². The van der Waals surface area contributed by atoms with E-state index in [-0.39, 0.29) is 71.3 Å². The number of benzene rings is 8. The van der Waals surface area contributed by atoms with Gasteiger partial charge in [0.1, 0.15) is 0 Å². The third-order valence-corrected chi connectivity index (χ3v) is 17.4. The predicted molar refractivity (Wildman–Crippen MR) is 415 cm³/mol. The topological polar surface area (TPSA) is 300 Å². The van der Waals surface area contributed by atoms with Gasteiger partial charge in [-0.15, -0.1) is 0 Å². The molecule has 0 atom stereocenters. The van der Waals surface area contributed by atoms with Gasteiger partial charge < -0.3 is 64.5 Å². The number of carbonyl (C=O) groups excluding carboxylic acids is 3. The Balaban J connectivity index is 0.000000204. The Morgan fingerprint density at radius 1 is 0.448 bits per heavy atom. The first kappa shape index (κ1) is 82.8. The number of ketones is 1. The summed E-state index contributed by atoms with van der Waals surface area (Å²) in [6.07, 6.45) is 0.737. The number of fused-ring (bicyclic) bond motifs is 4. The predicted octanol–water partition coefficient (Wildman–Crippen LogP) is 12.0. The fraction of sp³-hybridized carbons (Fsp3) is 0.167. The smallest absolute Gasteiger partial charge is 0.870 e. The summed E-state index contributed by atoms with van der Waals surface area (Å²) in [6, 6.07) is 73.5. The monoisotopic (exact) mass is 1420 g/mol. The van der Waals surface area contributed by atoms with Gasteiger partial charge in [-0.3, -0.25) is 14.4 Å². The number of carboxylic acids is 1. The van der Waals surface area contributed by atoms with Gasteiger partial charge in [-0.1, -0.05) is 165 Å². The minimum Gasteiger partial charge on any atom is -0.870 e. The van der Waals surface area contributed by atoms with Gasteiger partial charge in [0.15, 0.2) is 5.78 Å². The Morgan fingerprint density at radius 3 is 1.18 bits per heavy atom. The van der Waals surface area contributed by atoms with Crippen LogP contribution >= 0.6 is 0 Å². The number of nitrogens with zero attached hydrogens (tertiary/aromatic N) is 3. The number of H-pyrrole nitrogens is 3. The molecule has 534 valence electrons. The summed E-state index contributed by atoms with van der Waals surface area (Å²) < 4.78 is 15.8. The maximum absolute atomic E-state index is 13.3. The van der Waals surface area contributed by atoms with Gasteiger partial charge in [-0.25, -0.2) is 14.4 Å². The first-order chi connectivity index (χ1) is 49.1. The molecule has 14 rings (SSSR count). The van der Waals surface area contributed by atoms with Crippen molar-refractivity contribution in [2.45, 2.75) is 82.2 Å². The maximum Gasteiger partial charge on any atom is 1.00 e. The number of para-hydroxylation sites is 7. The largest absolute Gasteiger partial charge is 1.00 e. The van der Waals surface area contributed by atoms with Crippen molar-refractivity contribution in [2.75, 3.05) is 14.2 Å². The van der Waals surface area contributed by atoms with E-state index in [1.54, 1.807) is 24.3 Å². The summed E-state index contributed by atoms with van der Waals surface area (Å²) in [5.41, 5.74) is 23.5. The van der Waals surface area contributed by atoms with Gasteiger partial charge in [0.2, 0.25) is 0 Å². The number of aromatic amines is 3. The van der Waals surface area contributed by atoms with Gasteiger partial charge in [0.05, 0.1) is 47.5 Å². The SMILES string of the molecule is C.COC(=O)c1c(C)[nH]c2ccccc12.COC(=O)c1c(C)n(-c2ccccc2)c2ccccc12.Cc1c(C(=O)O)c2ccccc2n1-c1ccccc1.Cc1cc(C)c(CCC(=O)c2c(C)n(-c3ccccc3)c3ccccc23)c(=O)[nH]1.Cc1cc(C)c(CN)c(=O)[nH]1.OB(O)c1ccccc1.[Na+].[OH-]. The zero-order chi connectivity index (χ0) is 73.3. The van der Waals surface area contributed by atoms with E-state index in [0.717, 1.165) is 112 Å². The number of pyridine rings is 2. The molecule has 0 fully saturated rings. The Bertz CT molecular complexity index is 5410. The van der Waals surface area contributed by atoms with Crippen LogP contribution in [-0.2, 0) is 22.4 Å². The molecule has 0 aliphatic carbocycles. The molecule has 21 heteroatoms. The number of hydrogen-bond acceptors (Lipinski definition) is 12. The molecule has 0 bridgehead atoms. The summed E-state index contributed by atoms with van der Waals surface area (Å²) in [4.78, 5) is 80.4. The van der Waals surface area contributed by atoms with Crippen LogP contribution in [0.5, 0.6) is 0 Å². The molecule has 0 spiro atoms. The molecule has 0 unspecified atom stereocenters. The van der Waals surface area contributed by atoms with E-state index in [2.05, 4.69) is 24.1 Å². The average molecular weight is 1420 g/mol. The number of esters is 2. The third kappa shape index (κ3) is 19.2. The number of nitrogens with one attached hydrogen (secondary N) is 3. The Hall–Kier alpha value is -11.2. The van der Waals surface area contributed by atoms with E-state index in [1.807, 2.05) is 266 Å². The van der Waals surface area contributed by atoms with Crippen LogP contribution in [-0.4, -0.2) is 94.3 Å². The molecule has 8 aromatic carbocycles. The van der Waals surface area contributed by atoms with Crippen molar-refractivity contribution in [1.82, 2.24) is 28.7 Å². The second kappa shape index (κ2) is 38.4. The van der Waals surface area contributed by atoms with Crippen LogP contribution in [0.4, 0.5) is 0 Å². The molecule has 0 radical (unpaired) electrons. The van der Waals surface area contributed by atoms with Gasteiger partial charge in [-0.2, -0.15) is 0 Å². The normalized spacial score (nSPS) is 10.3. The van der Waals surface area contributed by atoms with Gasteiger partial charge >= 0.3 is 54.6 Å². The number of Topliss-reactive ketones (excluding diaryl/α,β-unsaturated/α-hetero) is 1. The van der Waals surface area contributed by atoms with Crippen molar-refractivity contribution >= 4 is 79.9 Å². The number of carbonyl (C=O) groups is 4. The maximum atomic E-state index is 13.3. The molecule has 14 aromatic rings. The first-order valence-corrected chi connectivity index (χ1v) is 33.1. The van der Waals surface area contributed by atoms with Crippen LogP contribution in [0, 0.1) is 55.4 Å². The second-order valence-electron chi connectivity index (χ2n) is 24.2. The second-order valence-corrected chi connectivity index (χ2v) is 24.2. The Labute approximate surface area is 632 Å². The average Bonchev–Trinajstić information content (AvgIpc) is 1.62. The number of ether oxygens (including phenoxy) is 2. The zero-order valence-electron chi connectivity index (χ0n) is 60.1. The number of aryl methyl sites for hydroxylation is 5. The quantitative estimate of drug-likeness (QED) is 0.0340. The van der Waals surface area contributed by atoms with Gasteiger partial charge in [0.25, 0.3) is 11.1 Å². The number of methoxy groups -OCH3 is 2. The van der Waals surface area contributed by atoms with E-state index >= 15 is 0 Å². The summed E-state index contributed by atoms with van der Waals surface area (Å²) in [5.74, 6) is -1.41. The molecule has 6 heterocycles. The number of carboxylic acid groups (broad SMARTS) is 1. The van der Waals surface area contributed by atoms with Crippen LogP contribution in [0.1, 0.15) is 112 Å². The summed E-state index contributed by atoms with van der Waals surface area (Å²) in [7, 11) is 1.46. The van der Waals surface area contributed by atoms with Crippen molar-refractivity contribution in [3.8, 4) is 17.1 Å². The molecular formula is C84H87BN7NaO12. The Morgan fingerprint density at radius 2 is 0.790 bits per heavy atom. The van der Waals surface area contributed by atoms with Crippen molar-refractivity contribution in [3.63, 3.8) is 0 Å². The molecule has 0 aliphatic rings. The van der Waals surface area contributed by atoms with E-state index in [0.29, 0.717) is 52.7 Å². The fourth-order valence-electron chi connectivity index (χ4n) is 12.8. The fourth-order valence-corrected chi connectivity index (χ4v) is 12.8. The number of hydrogen-bond donors (Lipinski definition) is 7. The van der Waals surface area contributed by atoms with Crippen LogP contribution < -0.4 is 51.9 Å². The van der Waals surface area contributed by atoms with Crippen molar-refractivity contribution < 1.29 is 78.8 Å². The summed E-state index contributed by atoms with van der Waals surface area (Å²) in [5, 5.41) is 30.1. The minimum atomic E-state index is -1.34. The van der Waals surface area contributed by atoms with Crippen LogP contribution in [0.3, 0.4) is 0 Å². The molecule has 0 saturated carbocycles. The van der Waals surface area contributed by atoms with Gasteiger partial charge in [0, 0.05) is 108 Å². The third-order valence-electron chi connectivity index (χ3n) is 17.4. The van der Waals surface area contributed by atoms with Crippen molar-refractivity contribution in [1.29, 1.82) is 0 Å². The molecule has 0 aliphatic heterocycles. The van der Waals surface area contributed by atoms with Crippen LogP contribution in [0.15, 0.2) is 240 Å². The van der Waals surface area contributed by atoms with Gasteiger partial charge in [-0.05, 0) is 151 Å². The summed E-state index contributed by atoms with van der Waals surface area (Å²) in [6.45, 7) is 15.5. The van der Waals surface area contributed by atoms with E-state index in [9.17, 15) is 33.9 Å². The van der Waals surface area contributed by atoms with E-state index in [4.69, 9.17) is 25.3 Å². The molecule has 0 amide bonds. The van der Waals surface area contributed by atoms with Crippen LogP contribution in [0.2, 0.25) is 0 Å². The molecule has 19 nitrogen and oxygen atoms in total. The summed E-state index contributed by atoms with van der Waals surface area (Å²) >= 11 is 0.